The first kappa shape index (κ1) is 10.7. The molecule has 0 radical (unpaired) electrons. The van der Waals surface area contributed by atoms with Gasteiger partial charge in [-0.15, -0.1) is 0 Å². The Bertz CT molecular complexity index is 285. The predicted molar refractivity (Wildman–Crippen MR) is 58.4 cm³/mol. The third kappa shape index (κ3) is 2.85. The number of hydrogen-bond acceptors (Lipinski definition) is 2. The summed E-state index contributed by atoms with van der Waals surface area (Å²) in [4.78, 5) is 13.1. The summed E-state index contributed by atoms with van der Waals surface area (Å²) >= 11 is 0. The molecule has 3 heteroatoms. The molecule has 0 saturated carbocycles. The van der Waals surface area contributed by atoms with Gasteiger partial charge in [0.15, 0.2) is 0 Å². The number of carbonyl (C=O) groups is 1. The Labute approximate surface area is 84.7 Å². The molecular formula is C11H16N2O. The van der Waals surface area contributed by atoms with Gasteiger partial charge in [-0.25, -0.2) is 0 Å². The highest BCUT2D eigenvalue weighted by atomic mass is 16.2. The Morgan fingerprint density at radius 1 is 1.36 bits per heavy atom. The molecule has 3 nitrogen and oxygen atoms in total. The summed E-state index contributed by atoms with van der Waals surface area (Å²) in [5.74, 6) is 0.0754. The van der Waals surface area contributed by atoms with E-state index in [1.807, 2.05) is 37.4 Å². The van der Waals surface area contributed by atoms with Crippen LogP contribution >= 0.6 is 0 Å². The summed E-state index contributed by atoms with van der Waals surface area (Å²) in [7, 11) is 1.88. The van der Waals surface area contributed by atoms with Gasteiger partial charge in [-0.3, -0.25) is 4.79 Å². The summed E-state index contributed by atoms with van der Waals surface area (Å²) < 4.78 is 0. The Hall–Kier alpha value is -1.35. The standard InChI is InChI=1S/C11H16N2O/c1-10(14)13(9-8-12-2)11-6-4-3-5-7-11/h3-7,12H,8-9H2,1-2H3. The topological polar surface area (TPSA) is 32.3 Å². The van der Waals surface area contributed by atoms with E-state index in [1.165, 1.54) is 0 Å². The third-order valence-electron chi connectivity index (χ3n) is 2.03. The number of nitrogens with zero attached hydrogens (tertiary/aromatic N) is 1. The largest absolute Gasteiger partial charge is 0.318 e. The van der Waals surface area contributed by atoms with Crippen LogP contribution in [0.2, 0.25) is 0 Å². The van der Waals surface area contributed by atoms with Crippen LogP contribution in [0.3, 0.4) is 0 Å². The highest BCUT2D eigenvalue weighted by Gasteiger charge is 2.09. The second-order valence-electron chi connectivity index (χ2n) is 3.11. The third-order valence-corrected chi connectivity index (χ3v) is 2.03. The van der Waals surface area contributed by atoms with E-state index in [0.717, 1.165) is 12.2 Å². The first-order valence-corrected chi connectivity index (χ1v) is 4.73. The minimum atomic E-state index is 0.0754. The fourth-order valence-electron chi connectivity index (χ4n) is 1.30. The highest BCUT2D eigenvalue weighted by molar-refractivity contribution is 5.91. The average molecular weight is 192 g/mol. The summed E-state index contributed by atoms with van der Waals surface area (Å²) in [6, 6.07) is 9.70. The van der Waals surface area contributed by atoms with E-state index in [9.17, 15) is 4.79 Å². The molecule has 1 aromatic rings. The molecule has 1 rings (SSSR count). The van der Waals surface area contributed by atoms with Gasteiger partial charge in [0.25, 0.3) is 0 Å². The first-order chi connectivity index (χ1) is 6.75. The SMILES string of the molecule is CNCCN(C(C)=O)c1ccccc1. The Morgan fingerprint density at radius 3 is 2.50 bits per heavy atom. The first-order valence-electron chi connectivity index (χ1n) is 4.73. The zero-order valence-corrected chi connectivity index (χ0v) is 8.66. The van der Waals surface area contributed by atoms with Crippen molar-refractivity contribution >= 4 is 11.6 Å². The number of hydrogen-bond donors (Lipinski definition) is 1. The minimum absolute atomic E-state index is 0.0754. The Balaban J connectivity index is 2.73. The molecule has 0 aromatic heterocycles. The van der Waals surface area contributed by atoms with Crippen LogP contribution in [0.4, 0.5) is 5.69 Å². The molecule has 0 bridgehead atoms. The molecule has 1 amide bonds. The Kier molecular flexibility index (Phi) is 4.13. The molecule has 0 aliphatic rings. The lowest BCUT2D eigenvalue weighted by atomic mass is 10.3. The zero-order valence-electron chi connectivity index (χ0n) is 8.66. The number of amides is 1. The second kappa shape index (κ2) is 5.40. The van der Waals surface area contributed by atoms with Gasteiger partial charge in [0, 0.05) is 25.7 Å². The Morgan fingerprint density at radius 2 is 2.00 bits per heavy atom. The fraction of sp³-hybridized carbons (Fsp3) is 0.364. The van der Waals surface area contributed by atoms with E-state index in [4.69, 9.17) is 0 Å². The molecule has 0 heterocycles. The number of rotatable bonds is 4. The van der Waals surface area contributed by atoms with Gasteiger partial charge in [-0.05, 0) is 19.2 Å². The molecule has 1 N–H and O–H groups in total. The highest BCUT2D eigenvalue weighted by Crippen LogP contribution is 2.12. The molecule has 1 aromatic carbocycles. The molecule has 76 valence electrons. The summed E-state index contributed by atoms with van der Waals surface area (Å²) in [5.41, 5.74) is 0.954. The number of carbonyl (C=O) groups excluding carboxylic acids is 1. The van der Waals surface area contributed by atoms with Crippen LogP contribution in [0.1, 0.15) is 6.92 Å². The number of likely N-dealkylation sites (N-methyl/N-ethyl adjacent to an activating group) is 1. The van der Waals surface area contributed by atoms with Crippen LogP contribution < -0.4 is 10.2 Å². The summed E-state index contributed by atoms with van der Waals surface area (Å²) in [6.45, 7) is 3.09. The molecule has 14 heavy (non-hydrogen) atoms. The molecule has 0 fully saturated rings. The zero-order chi connectivity index (χ0) is 10.4. The normalized spacial score (nSPS) is 9.86. The van der Waals surface area contributed by atoms with E-state index in [2.05, 4.69) is 5.32 Å². The van der Waals surface area contributed by atoms with Crippen molar-refractivity contribution in [3.05, 3.63) is 30.3 Å². The van der Waals surface area contributed by atoms with Crippen molar-refractivity contribution in [1.29, 1.82) is 0 Å². The molecule has 0 atom stereocenters. The summed E-state index contributed by atoms with van der Waals surface area (Å²) in [5, 5.41) is 3.03. The van der Waals surface area contributed by atoms with Crippen LogP contribution in [0.5, 0.6) is 0 Å². The molecular weight excluding hydrogens is 176 g/mol. The number of anilines is 1. The molecule has 0 aliphatic carbocycles. The fourth-order valence-corrected chi connectivity index (χ4v) is 1.30. The van der Waals surface area contributed by atoms with Crippen LogP contribution in [-0.2, 0) is 4.79 Å². The molecule has 0 saturated heterocycles. The summed E-state index contributed by atoms with van der Waals surface area (Å²) in [6.07, 6.45) is 0. The number of nitrogens with one attached hydrogen (secondary N) is 1. The van der Waals surface area contributed by atoms with Gasteiger partial charge in [-0.2, -0.15) is 0 Å². The van der Waals surface area contributed by atoms with Gasteiger partial charge in [0.05, 0.1) is 0 Å². The van der Waals surface area contributed by atoms with E-state index in [-0.39, 0.29) is 5.91 Å². The van der Waals surface area contributed by atoms with E-state index in [0.29, 0.717) is 6.54 Å². The van der Waals surface area contributed by atoms with Crippen molar-refractivity contribution in [2.24, 2.45) is 0 Å². The van der Waals surface area contributed by atoms with Crippen molar-refractivity contribution in [1.82, 2.24) is 5.32 Å². The van der Waals surface area contributed by atoms with Gasteiger partial charge < -0.3 is 10.2 Å². The molecule has 0 spiro atoms. The van der Waals surface area contributed by atoms with Crippen LogP contribution in [0, 0.1) is 0 Å². The second-order valence-corrected chi connectivity index (χ2v) is 3.11. The maximum absolute atomic E-state index is 11.3. The quantitative estimate of drug-likeness (QED) is 0.779. The smallest absolute Gasteiger partial charge is 0.223 e. The number of benzene rings is 1. The van der Waals surface area contributed by atoms with Crippen molar-refractivity contribution in [3.63, 3.8) is 0 Å². The van der Waals surface area contributed by atoms with Crippen molar-refractivity contribution in [2.75, 3.05) is 25.0 Å². The number of para-hydroxylation sites is 1. The van der Waals surface area contributed by atoms with Gasteiger partial charge >= 0.3 is 0 Å². The van der Waals surface area contributed by atoms with Crippen molar-refractivity contribution in [3.8, 4) is 0 Å². The van der Waals surface area contributed by atoms with Crippen LogP contribution in [-0.4, -0.2) is 26.0 Å². The van der Waals surface area contributed by atoms with Crippen molar-refractivity contribution < 1.29 is 4.79 Å². The van der Waals surface area contributed by atoms with E-state index in [1.54, 1.807) is 11.8 Å². The average Bonchev–Trinajstić information content (AvgIpc) is 2.19. The van der Waals surface area contributed by atoms with Gasteiger partial charge in [0.1, 0.15) is 0 Å². The van der Waals surface area contributed by atoms with Crippen molar-refractivity contribution in [2.45, 2.75) is 6.92 Å². The monoisotopic (exact) mass is 192 g/mol. The minimum Gasteiger partial charge on any atom is -0.318 e. The molecule has 0 aliphatic heterocycles. The lowest BCUT2D eigenvalue weighted by Gasteiger charge is -2.20. The van der Waals surface area contributed by atoms with Gasteiger partial charge in [-0.1, -0.05) is 18.2 Å². The van der Waals surface area contributed by atoms with E-state index < -0.39 is 0 Å². The van der Waals surface area contributed by atoms with Gasteiger partial charge in [0.2, 0.25) is 5.91 Å². The maximum atomic E-state index is 11.3. The van der Waals surface area contributed by atoms with Crippen LogP contribution in [0.25, 0.3) is 0 Å². The van der Waals surface area contributed by atoms with Crippen LogP contribution in [0.15, 0.2) is 30.3 Å². The molecule has 0 unspecified atom stereocenters. The maximum Gasteiger partial charge on any atom is 0.223 e. The lowest BCUT2D eigenvalue weighted by molar-refractivity contribution is -0.116. The lowest BCUT2D eigenvalue weighted by Crippen LogP contribution is -2.34. The predicted octanol–water partition coefficient (Wildman–Crippen LogP) is 1.26. The van der Waals surface area contributed by atoms with E-state index >= 15 is 0 Å².